The minimum Gasteiger partial charge on any atom is -0.443 e. The van der Waals surface area contributed by atoms with E-state index in [0.29, 0.717) is 0 Å². The standard InChI is InChI=1S/C9H17NO2S/c1-7(6-13)10(5)8(11)12-9(2,3)4/h6,13H,1-5H3/b7-6-. The fourth-order valence-corrected chi connectivity index (χ4v) is 0.734. The minimum absolute atomic E-state index is 0.365. The molecule has 0 aromatic carbocycles. The Morgan fingerprint density at radius 3 is 2.23 bits per heavy atom. The number of rotatable bonds is 1. The summed E-state index contributed by atoms with van der Waals surface area (Å²) in [5, 5.41) is 1.56. The largest absolute Gasteiger partial charge is 0.443 e. The van der Waals surface area contributed by atoms with Crippen molar-refractivity contribution in [2.24, 2.45) is 0 Å². The third-order valence-corrected chi connectivity index (χ3v) is 1.76. The molecule has 0 heterocycles. The number of amides is 1. The zero-order chi connectivity index (χ0) is 10.6. The Kier molecular flexibility index (Phi) is 4.33. The van der Waals surface area contributed by atoms with Crippen molar-refractivity contribution >= 4 is 18.7 Å². The highest BCUT2D eigenvalue weighted by molar-refractivity contribution is 7.83. The summed E-state index contributed by atoms with van der Waals surface area (Å²) < 4.78 is 5.13. The number of carbonyl (C=O) groups is 1. The predicted molar refractivity (Wildman–Crippen MR) is 56.7 cm³/mol. The van der Waals surface area contributed by atoms with Gasteiger partial charge in [0.2, 0.25) is 0 Å². The van der Waals surface area contributed by atoms with Gasteiger partial charge in [-0.15, -0.1) is 12.6 Å². The molecule has 3 nitrogen and oxygen atoms in total. The van der Waals surface area contributed by atoms with Crippen molar-refractivity contribution in [1.82, 2.24) is 4.90 Å². The second kappa shape index (κ2) is 4.56. The van der Waals surface area contributed by atoms with Crippen molar-refractivity contribution in [2.45, 2.75) is 33.3 Å². The molecule has 0 spiro atoms. The zero-order valence-corrected chi connectivity index (χ0v) is 9.68. The summed E-state index contributed by atoms with van der Waals surface area (Å²) in [4.78, 5) is 12.8. The number of thiol groups is 1. The summed E-state index contributed by atoms with van der Waals surface area (Å²) in [6.07, 6.45) is -0.365. The average molecular weight is 203 g/mol. The minimum atomic E-state index is -0.456. The van der Waals surface area contributed by atoms with Gasteiger partial charge in [-0.1, -0.05) is 0 Å². The van der Waals surface area contributed by atoms with Crippen molar-refractivity contribution in [3.8, 4) is 0 Å². The molecular weight excluding hydrogens is 186 g/mol. The lowest BCUT2D eigenvalue weighted by atomic mass is 10.2. The molecule has 0 atom stereocenters. The molecule has 0 aromatic heterocycles. The van der Waals surface area contributed by atoms with Crippen molar-refractivity contribution in [2.75, 3.05) is 7.05 Å². The SMILES string of the molecule is C/C(=C/S)N(C)C(=O)OC(C)(C)C. The molecule has 0 unspecified atom stereocenters. The Bertz CT molecular complexity index is 218. The molecule has 0 N–H and O–H groups in total. The summed E-state index contributed by atoms with van der Waals surface area (Å²) in [5.41, 5.74) is 0.292. The molecule has 0 fully saturated rings. The molecule has 4 heteroatoms. The zero-order valence-electron chi connectivity index (χ0n) is 8.79. The summed E-state index contributed by atoms with van der Waals surface area (Å²) in [7, 11) is 1.65. The van der Waals surface area contributed by atoms with Crippen molar-refractivity contribution in [3.05, 3.63) is 11.1 Å². The van der Waals surface area contributed by atoms with E-state index in [1.807, 2.05) is 20.8 Å². The fourth-order valence-electron chi connectivity index (χ4n) is 0.561. The number of hydrogen-bond donors (Lipinski definition) is 1. The first-order valence-corrected chi connectivity index (χ1v) is 4.57. The number of hydrogen-bond acceptors (Lipinski definition) is 3. The van der Waals surface area contributed by atoms with Crippen LogP contribution in [0.1, 0.15) is 27.7 Å². The van der Waals surface area contributed by atoms with E-state index in [4.69, 9.17) is 4.74 Å². The lowest BCUT2D eigenvalue weighted by Crippen LogP contribution is -2.33. The number of allylic oxidation sites excluding steroid dienone is 1. The van der Waals surface area contributed by atoms with E-state index in [1.165, 1.54) is 4.90 Å². The Morgan fingerprint density at radius 2 is 1.92 bits per heavy atom. The van der Waals surface area contributed by atoms with Gasteiger partial charge in [-0.25, -0.2) is 4.79 Å². The summed E-state index contributed by atoms with van der Waals surface area (Å²) in [6, 6.07) is 0. The summed E-state index contributed by atoms with van der Waals surface area (Å²) in [6.45, 7) is 7.28. The molecule has 0 aromatic rings. The van der Waals surface area contributed by atoms with E-state index in [1.54, 1.807) is 19.4 Å². The van der Waals surface area contributed by atoms with E-state index in [2.05, 4.69) is 12.6 Å². The van der Waals surface area contributed by atoms with E-state index in [-0.39, 0.29) is 6.09 Å². The van der Waals surface area contributed by atoms with Crippen LogP contribution >= 0.6 is 12.6 Å². The van der Waals surface area contributed by atoms with E-state index in [0.717, 1.165) is 5.70 Å². The Morgan fingerprint density at radius 1 is 1.46 bits per heavy atom. The first-order valence-electron chi connectivity index (χ1n) is 4.05. The molecule has 0 radical (unpaired) electrons. The lowest BCUT2D eigenvalue weighted by molar-refractivity contribution is 0.0354. The number of ether oxygens (including phenoxy) is 1. The van der Waals surface area contributed by atoms with Crippen LogP contribution < -0.4 is 0 Å². The summed E-state index contributed by atoms with van der Waals surface area (Å²) >= 11 is 3.95. The molecule has 0 bridgehead atoms. The molecular formula is C9H17NO2S. The van der Waals surface area contributed by atoms with Crippen molar-refractivity contribution in [3.63, 3.8) is 0 Å². The molecule has 0 aliphatic carbocycles. The highest BCUT2D eigenvalue weighted by atomic mass is 32.1. The van der Waals surface area contributed by atoms with Crippen LogP contribution in [0.2, 0.25) is 0 Å². The Hall–Kier alpha value is -0.640. The molecule has 76 valence electrons. The van der Waals surface area contributed by atoms with Gasteiger partial charge in [0, 0.05) is 12.7 Å². The quantitative estimate of drug-likeness (QED) is 0.664. The Balaban J connectivity index is 4.29. The van der Waals surface area contributed by atoms with Crippen LogP contribution in [-0.4, -0.2) is 23.6 Å². The predicted octanol–water partition coefficient (Wildman–Crippen LogP) is 2.64. The van der Waals surface area contributed by atoms with Gasteiger partial charge in [-0.3, -0.25) is 4.90 Å². The second-order valence-corrected chi connectivity index (χ2v) is 4.07. The van der Waals surface area contributed by atoms with E-state index >= 15 is 0 Å². The van der Waals surface area contributed by atoms with Gasteiger partial charge in [-0.2, -0.15) is 0 Å². The van der Waals surface area contributed by atoms with Crippen LogP contribution in [0.5, 0.6) is 0 Å². The highest BCUT2D eigenvalue weighted by Gasteiger charge is 2.19. The molecule has 13 heavy (non-hydrogen) atoms. The van der Waals surface area contributed by atoms with Crippen molar-refractivity contribution in [1.29, 1.82) is 0 Å². The molecule has 0 rings (SSSR count). The highest BCUT2D eigenvalue weighted by Crippen LogP contribution is 2.11. The van der Waals surface area contributed by atoms with Crippen LogP contribution in [0.25, 0.3) is 0 Å². The first kappa shape index (κ1) is 12.4. The van der Waals surface area contributed by atoms with Gasteiger partial charge in [0.15, 0.2) is 0 Å². The molecule has 0 aliphatic heterocycles. The number of nitrogens with zero attached hydrogens (tertiary/aromatic N) is 1. The monoisotopic (exact) mass is 203 g/mol. The van der Waals surface area contributed by atoms with E-state index < -0.39 is 5.60 Å². The lowest BCUT2D eigenvalue weighted by Gasteiger charge is -2.24. The first-order chi connectivity index (χ1) is 5.78. The van der Waals surface area contributed by atoms with Gasteiger partial charge in [0.1, 0.15) is 5.60 Å². The maximum atomic E-state index is 11.4. The summed E-state index contributed by atoms with van der Waals surface area (Å²) in [5.74, 6) is 0. The van der Waals surface area contributed by atoms with E-state index in [9.17, 15) is 4.79 Å². The topological polar surface area (TPSA) is 29.5 Å². The van der Waals surface area contributed by atoms with Crippen LogP contribution in [-0.2, 0) is 4.74 Å². The molecule has 0 saturated heterocycles. The molecule has 1 amide bonds. The van der Waals surface area contributed by atoms with Crippen LogP contribution in [0.15, 0.2) is 11.1 Å². The van der Waals surface area contributed by atoms with Crippen LogP contribution in [0.3, 0.4) is 0 Å². The van der Waals surface area contributed by atoms with Gasteiger partial charge >= 0.3 is 6.09 Å². The normalized spacial score (nSPS) is 12.6. The van der Waals surface area contributed by atoms with Gasteiger partial charge in [-0.05, 0) is 33.1 Å². The number of carbonyl (C=O) groups excluding carboxylic acids is 1. The molecule has 0 saturated carbocycles. The maximum Gasteiger partial charge on any atom is 0.414 e. The van der Waals surface area contributed by atoms with Crippen molar-refractivity contribution < 1.29 is 9.53 Å². The fraction of sp³-hybridized carbons (Fsp3) is 0.667. The molecule has 0 aliphatic rings. The van der Waals surface area contributed by atoms with Crippen LogP contribution in [0.4, 0.5) is 4.79 Å². The third-order valence-electron chi connectivity index (χ3n) is 1.38. The third kappa shape index (κ3) is 4.83. The van der Waals surface area contributed by atoms with Gasteiger partial charge in [0.05, 0.1) is 0 Å². The maximum absolute atomic E-state index is 11.4. The van der Waals surface area contributed by atoms with Gasteiger partial charge in [0.25, 0.3) is 0 Å². The smallest absolute Gasteiger partial charge is 0.414 e. The van der Waals surface area contributed by atoms with Crippen LogP contribution in [0, 0.1) is 0 Å². The van der Waals surface area contributed by atoms with Gasteiger partial charge < -0.3 is 4.74 Å². The second-order valence-electron chi connectivity index (χ2n) is 3.81. The average Bonchev–Trinajstić information content (AvgIpc) is 1.98. The Labute approximate surface area is 85.2 Å².